The van der Waals surface area contributed by atoms with E-state index in [4.69, 9.17) is 13.6 Å². The lowest BCUT2D eigenvalue weighted by molar-refractivity contribution is -0.126. The van der Waals surface area contributed by atoms with Gasteiger partial charge in [0.15, 0.2) is 0 Å². The van der Waals surface area contributed by atoms with Gasteiger partial charge in [0.1, 0.15) is 30.4 Å². The largest absolute Gasteiger partial charge is 0.543 e. The minimum atomic E-state index is -2.39. The van der Waals surface area contributed by atoms with Crippen molar-refractivity contribution in [1.29, 1.82) is 0 Å². The van der Waals surface area contributed by atoms with Crippen LogP contribution < -0.4 is 19.5 Å². The van der Waals surface area contributed by atoms with E-state index in [9.17, 15) is 24.3 Å². The molecule has 0 bridgehead atoms. The summed E-state index contributed by atoms with van der Waals surface area (Å²) >= 11 is 1.35. The second kappa shape index (κ2) is 12.8. The summed E-state index contributed by atoms with van der Waals surface area (Å²) in [6, 6.07) is -0.388. The Kier molecular flexibility index (Phi) is 10.8. The van der Waals surface area contributed by atoms with Crippen molar-refractivity contribution in [3.63, 3.8) is 0 Å². The summed E-state index contributed by atoms with van der Waals surface area (Å²) in [5.41, 5.74) is 1.46. The van der Waals surface area contributed by atoms with E-state index in [1.54, 1.807) is 6.92 Å². The summed E-state index contributed by atoms with van der Waals surface area (Å²) in [6.07, 6.45) is -0.854. The Balaban J connectivity index is 2.79. The second-order valence-corrected chi connectivity index (χ2v) is 23.9. The number of fused-ring (bicyclic) bond motifs is 1. The molecule has 0 unspecified atom stereocenters. The maximum atomic E-state index is 13.7. The number of hydrogen-bond donors (Lipinski definition) is 3. The number of hydrogen-bond acceptors (Lipinski definition) is 8. The van der Waals surface area contributed by atoms with Gasteiger partial charge >= 0.3 is 12.1 Å². The normalized spacial score (nSPS) is 19.5. The summed E-state index contributed by atoms with van der Waals surface area (Å²) < 4.78 is 19.1. The van der Waals surface area contributed by atoms with Crippen LogP contribution in [0.2, 0.25) is 36.3 Å². The summed E-state index contributed by atoms with van der Waals surface area (Å²) in [4.78, 5) is 49.6. The molecule has 2 atom stereocenters. The van der Waals surface area contributed by atoms with Crippen molar-refractivity contribution in [3.8, 4) is 11.5 Å². The number of benzene rings is 1. The van der Waals surface area contributed by atoms with Crippen molar-refractivity contribution in [3.05, 3.63) is 22.8 Å². The van der Waals surface area contributed by atoms with E-state index in [0.717, 1.165) is 0 Å². The molecule has 0 aromatic heterocycles. The van der Waals surface area contributed by atoms with Gasteiger partial charge in [-0.15, -0.1) is 0 Å². The molecule has 1 aliphatic rings. The highest BCUT2D eigenvalue weighted by Gasteiger charge is 2.42. The van der Waals surface area contributed by atoms with Gasteiger partial charge in [-0.05, 0) is 43.2 Å². The van der Waals surface area contributed by atoms with Crippen LogP contribution in [0.3, 0.4) is 0 Å². The van der Waals surface area contributed by atoms with Crippen molar-refractivity contribution in [2.45, 2.75) is 103 Å². The number of rotatable bonds is 6. The lowest BCUT2D eigenvalue weighted by Crippen LogP contribution is -2.52. The molecule has 0 saturated heterocycles. The van der Waals surface area contributed by atoms with Gasteiger partial charge in [-0.1, -0.05) is 41.5 Å². The van der Waals surface area contributed by atoms with Crippen LogP contribution >= 0.6 is 11.8 Å². The molecule has 1 aromatic rings. The van der Waals surface area contributed by atoms with Gasteiger partial charge in [-0.2, -0.15) is 11.8 Å². The molecule has 0 radical (unpaired) electrons. The van der Waals surface area contributed by atoms with Crippen LogP contribution in [0.4, 0.5) is 4.79 Å². The van der Waals surface area contributed by atoms with Gasteiger partial charge in [0, 0.05) is 28.7 Å². The van der Waals surface area contributed by atoms with E-state index in [2.05, 4.69) is 78.4 Å². The molecule has 0 saturated carbocycles. The van der Waals surface area contributed by atoms with Crippen molar-refractivity contribution in [2.24, 2.45) is 0 Å². The van der Waals surface area contributed by atoms with Crippen LogP contribution in [-0.4, -0.2) is 70.4 Å². The van der Waals surface area contributed by atoms with Crippen LogP contribution in [0.15, 0.2) is 6.07 Å². The van der Waals surface area contributed by atoms with E-state index in [-0.39, 0.29) is 21.4 Å². The third-order valence-corrected chi connectivity index (χ3v) is 18.0. The number of carboxylic acid groups (broad SMARTS) is 1. The average molecular weight is 627 g/mol. The highest BCUT2D eigenvalue weighted by Crippen LogP contribution is 2.45. The number of aldehydes is 1. The summed E-state index contributed by atoms with van der Waals surface area (Å²) in [5.74, 6) is 0.113. The number of carbonyl (C=O) groups is 4. The number of cyclic esters (lactones) is 1. The first-order valence-corrected chi connectivity index (χ1v) is 20.6. The highest BCUT2D eigenvalue weighted by molar-refractivity contribution is 7.98. The molecule has 1 heterocycles. The Labute approximate surface area is 249 Å². The van der Waals surface area contributed by atoms with E-state index >= 15 is 0 Å². The third kappa shape index (κ3) is 8.51. The molecule has 0 fully saturated rings. The zero-order chi connectivity index (χ0) is 31.6. The predicted octanol–water partition coefficient (Wildman–Crippen LogP) is 5.49. The molecule has 0 aliphatic carbocycles. The quantitative estimate of drug-likeness (QED) is 0.212. The van der Waals surface area contributed by atoms with Crippen LogP contribution in [0.5, 0.6) is 11.5 Å². The predicted molar refractivity (Wildman–Crippen MR) is 166 cm³/mol. The molecule has 2 amide bonds. The van der Waals surface area contributed by atoms with E-state index in [0.29, 0.717) is 34.7 Å². The zero-order valence-electron chi connectivity index (χ0n) is 26.1. The van der Waals surface area contributed by atoms with Crippen molar-refractivity contribution in [1.82, 2.24) is 10.6 Å². The lowest BCUT2D eigenvalue weighted by Gasteiger charge is -2.39. The molecule has 230 valence electrons. The number of nitrogens with one attached hydrogen (secondary N) is 2. The summed E-state index contributed by atoms with van der Waals surface area (Å²) in [5, 5.41) is 13.6. The Morgan fingerprint density at radius 2 is 1.61 bits per heavy atom. The van der Waals surface area contributed by atoms with Gasteiger partial charge in [-0.3, -0.25) is 4.79 Å². The topological polar surface area (TPSA) is 140 Å². The van der Waals surface area contributed by atoms with Gasteiger partial charge in [0.05, 0.1) is 11.6 Å². The second-order valence-electron chi connectivity index (χ2n) is 13.4. The minimum absolute atomic E-state index is 0.112. The van der Waals surface area contributed by atoms with E-state index < -0.39 is 53.3 Å². The van der Waals surface area contributed by atoms with Crippen molar-refractivity contribution >= 4 is 52.7 Å². The Morgan fingerprint density at radius 1 is 1.07 bits per heavy atom. The fraction of sp³-hybridized carbons (Fsp3) is 0.643. The lowest BCUT2D eigenvalue weighted by atomic mass is 10.0. The molecule has 41 heavy (non-hydrogen) atoms. The Bertz CT molecular complexity index is 1180. The first-order valence-electron chi connectivity index (χ1n) is 13.7. The monoisotopic (exact) mass is 626 g/mol. The summed E-state index contributed by atoms with van der Waals surface area (Å²) in [6.45, 7) is 22.5. The van der Waals surface area contributed by atoms with Gasteiger partial charge in [0.2, 0.25) is 22.5 Å². The molecular weight excluding hydrogens is 581 g/mol. The molecule has 3 N–H and O–H groups in total. The molecule has 0 spiro atoms. The average Bonchev–Trinajstić information content (AvgIpc) is 2.80. The Hall–Kier alpha value is -2.52. The number of thioether (sulfide) groups is 1. The van der Waals surface area contributed by atoms with Gasteiger partial charge < -0.3 is 34.1 Å². The number of ether oxygens (including phenoxy) is 1. The van der Waals surface area contributed by atoms with Gasteiger partial charge in [0.25, 0.3) is 0 Å². The molecular formula is C28H46N2O8SSi2. The van der Waals surface area contributed by atoms with Crippen molar-refractivity contribution < 1.29 is 37.9 Å². The number of carbonyl (C=O) groups excluding carboxylic acids is 3. The fourth-order valence-electron chi connectivity index (χ4n) is 3.51. The minimum Gasteiger partial charge on any atom is -0.543 e. The van der Waals surface area contributed by atoms with Crippen LogP contribution in [0.1, 0.15) is 63.0 Å². The standard InChI is InChI=1S/C28H46N2O8SSi2/c1-17-21(37-40(8,9)27(2,3)4)12-22(38-41(10,11)28(5,6)7)19-16-39-15-18(13-31)29-24(32)20(30-26(34)35)14-36-25(33)23(17)19/h12-13,18,20,30H,14-16H2,1-11H3,(H,29,32)(H,34,35)/t18-,20+/m1/s1. The fourth-order valence-corrected chi connectivity index (χ4v) is 6.64. The van der Waals surface area contributed by atoms with Crippen LogP contribution in [0, 0.1) is 6.92 Å². The Morgan fingerprint density at radius 3 is 2.10 bits per heavy atom. The van der Waals surface area contributed by atoms with E-state index in [1.807, 2.05) is 6.07 Å². The number of esters is 1. The maximum absolute atomic E-state index is 13.7. The smallest absolute Gasteiger partial charge is 0.405 e. The number of amides is 2. The van der Waals surface area contributed by atoms with Crippen LogP contribution in [-0.2, 0) is 20.1 Å². The molecule has 2 rings (SSSR count). The highest BCUT2D eigenvalue weighted by atomic mass is 32.2. The van der Waals surface area contributed by atoms with E-state index in [1.165, 1.54) is 11.8 Å². The first kappa shape index (κ1) is 34.7. The summed E-state index contributed by atoms with van der Waals surface area (Å²) in [7, 11) is -4.72. The molecule has 1 aromatic carbocycles. The molecule has 13 heteroatoms. The first-order chi connectivity index (χ1) is 18.6. The van der Waals surface area contributed by atoms with Crippen molar-refractivity contribution in [2.75, 3.05) is 12.4 Å². The molecule has 10 nitrogen and oxygen atoms in total. The maximum Gasteiger partial charge on any atom is 0.405 e. The SMILES string of the molecule is Cc1c(O[Si](C)(C)C(C)(C)C)cc(O[Si](C)(C)C(C)(C)C)c2c1C(=O)OC[C@H](NC(=O)O)C(=O)N[C@H](C=O)CSC2. The van der Waals surface area contributed by atoms with Gasteiger partial charge in [-0.25, -0.2) is 9.59 Å². The third-order valence-electron chi connectivity index (χ3n) is 8.18. The zero-order valence-corrected chi connectivity index (χ0v) is 29.0. The molecule has 1 aliphatic heterocycles. The van der Waals surface area contributed by atoms with Crippen LogP contribution in [0.25, 0.3) is 0 Å².